The van der Waals surface area contributed by atoms with Crippen LogP contribution in [0, 0.1) is 5.82 Å². The van der Waals surface area contributed by atoms with E-state index in [1.807, 2.05) is 50.1 Å². The molecule has 3 aromatic rings. The molecule has 1 N–H and O–H groups in total. The number of rotatable bonds is 7. The molecule has 9 heteroatoms. The normalized spacial score (nSPS) is 15.4. The summed E-state index contributed by atoms with van der Waals surface area (Å²) in [4.78, 5) is 27.0. The highest BCUT2D eigenvalue weighted by Crippen LogP contribution is 2.46. The number of likely N-dealkylation sites (N-methyl/N-ethyl adjacent to an activating group) is 1. The Bertz CT molecular complexity index is 1460. The van der Waals surface area contributed by atoms with E-state index < -0.39 is 39.6 Å². The van der Waals surface area contributed by atoms with Crippen LogP contribution >= 0.6 is 0 Å². The molecule has 0 unspecified atom stereocenters. The first-order valence-corrected chi connectivity index (χ1v) is 12.6. The quantitative estimate of drug-likeness (QED) is 0.369. The molecule has 0 atom stereocenters. The highest BCUT2D eigenvalue weighted by atomic mass is 32.2. The fourth-order valence-corrected chi connectivity index (χ4v) is 5.30. The number of benzene rings is 3. The van der Waals surface area contributed by atoms with E-state index in [4.69, 9.17) is 4.74 Å². The predicted octanol–water partition coefficient (Wildman–Crippen LogP) is 4.66. The Balaban J connectivity index is 1.44. The number of hydrogen-bond acceptors (Lipinski definition) is 6. The van der Waals surface area contributed by atoms with Crippen molar-refractivity contribution in [3.05, 3.63) is 102 Å². The first-order valence-electron chi connectivity index (χ1n) is 11.1. The zero-order valence-corrected chi connectivity index (χ0v) is 20.8. The van der Waals surface area contributed by atoms with E-state index in [0.717, 1.165) is 35.1 Å². The van der Waals surface area contributed by atoms with E-state index in [9.17, 15) is 22.4 Å². The molecule has 1 aliphatic rings. The predicted molar refractivity (Wildman–Crippen MR) is 135 cm³/mol. The number of ether oxygens (including phenoxy) is 1. The van der Waals surface area contributed by atoms with Crippen LogP contribution in [0.25, 0.3) is 0 Å². The molecule has 3 aromatic carbocycles. The third kappa shape index (κ3) is 5.01. The van der Waals surface area contributed by atoms with Gasteiger partial charge in [0, 0.05) is 35.6 Å². The minimum absolute atomic E-state index is 0.0249. The molecule has 1 heterocycles. The summed E-state index contributed by atoms with van der Waals surface area (Å²) in [5.74, 6) is -1.73. The fourth-order valence-electron chi connectivity index (χ4n) is 4.20. The Kier molecular flexibility index (Phi) is 6.69. The second-order valence-electron chi connectivity index (χ2n) is 8.91. The molecule has 186 valence electrons. The zero-order valence-electron chi connectivity index (χ0n) is 20.0. The van der Waals surface area contributed by atoms with E-state index >= 15 is 0 Å². The van der Waals surface area contributed by atoms with Crippen LogP contribution in [-0.2, 0) is 25.0 Å². The molecule has 0 aliphatic carbocycles. The van der Waals surface area contributed by atoms with Gasteiger partial charge in [-0.25, -0.2) is 17.6 Å². The van der Waals surface area contributed by atoms with Crippen molar-refractivity contribution in [1.29, 1.82) is 0 Å². The van der Waals surface area contributed by atoms with Crippen molar-refractivity contribution in [3.8, 4) is 0 Å². The maximum atomic E-state index is 13.1. The highest BCUT2D eigenvalue weighted by Gasteiger charge is 2.38. The standard InChI is InChI=1S/C27H25FN2O5S/c1-27(2)23-9-4-5-10-24(23)30(3)25(27)16-21(31)17-35-26(32)18-7-6-8-22(15-18)36(33,34)29-20-13-11-19(28)12-14-20/h4-16,29H,17H2,1-3H3. The van der Waals surface area contributed by atoms with E-state index in [2.05, 4.69) is 4.72 Å². The lowest BCUT2D eigenvalue weighted by Gasteiger charge is -2.23. The van der Waals surface area contributed by atoms with Crippen molar-refractivity contribution in [3.63, 3.8) is 0 Å². The Hall–Kier alpha value is -3.98. The van der Waals surface area contributed by atoms with Crippen LogP contribution in [0.3, 0.4) is 0 Å². The number of sulfonamides is 1. The number of nitrogens with zero attached hydrogens (tertiary/aromatic N) is 1. The Labute approximate surface area is 209 Å². The molecule has 0 amide bonds. The van der Waals surface area contributed by atoms with Gasteiger partial charge >= 0.3 is 5.97 Å². The molecular formula is C27H25FN2O5S. The average Bonchev–Trinajstić information content (AvgIpc) is 3.04. The van der Waals surface area contributed by atoms with Gasteiger partial charge < -0.3 is 9.64 Å². The van der Waals surface area contributed by atoms with Crippen LogP contribution in [0.15, 0.2) is 89.5 Å². The molecule has 0 saturated heterocycles. The lowest BCUT2D eigenvalue weighted by Crippen LogP contribution is -2.25. The maximum absolute atomic E-state index is 13.1. The molecule has 7 nitrogen and oxygen atoms in total. The van der Waals surface area contributed by atoms with Crippen molar-refractivity contribution in [1.82, 2.24) is 0 Å². The average molecular weight is 509 g/mol. The Morgan fingerprint density at radius 1 is 1.03 bits per heavy atom. The summed E-state index contributed by atoms with van der Waals surface area (Å²) >= 11 is 0. The topological polar surface area (TPSA) is 92.8 Å². The number of nitrogens with one attached hydrogen (secondary N) is 1. The van der Waals surface area contributed by atoms with Crippen LogP contribution in [0.2, 0.25) is 0 Å². The summed E-state index contributed by atoms with van der Waals surface area (Å²) in [5, 5.41) is 0. The number of esters is 1. The number of para-hydroxylation sites is 1. The maximum Gasteiger partial charge on any atom is 0.338 e. The smallest absolute Gasteiger partial charge is 0.338 e. The van der Waals surface area contributed by atoms with Gasteiger partial charge in [-0.2, -0.15) is 0 Å². The summed E-state index contributed by atoms with van der Waals surface area (Å²) in [7, 11) is -2.16. The number of carbonyl (C=O) groups excluding carboxylic acids is 2. The summed E-state index contributed by atoms with van der Waals surface area (Å²) < 4.78 is 45.9. The number of halogens is 1. The summed E-state index contributed by atoms with van der Waals surface area (Å²) in [6.07, 6.45) is 1.47. The van der Waals surface area contributed by atoms with Gasteiger partial charge in [0.1, 0.15) is 5.82 Å². The van der Waals surface area contributed by atoms with Crippen LogP contribution in [0.4, 0.5) is 15.8 Å². The second-order valence-corrected chi connectivity index (χ2v) is 10.6. The van der Waals surface area contributed by atoms with Gasteiger partial charge in [0.25, 0.3) is 10.0 Å². The molecule has 1 aliphatic heterocycles. The first kappa shape index (κ1) is 25.1. The zero-order chi connectivity index (χ0) is 26.1. The first-order chi connectivity index (χ1) is 17.0. The molecule has 4 rings (SSSR count). The van der Waals surface area contributed by atoms with Crippen LogP contribution in [0.1, 0.15) is 29.8 Å². The molecule has 0 fully saturated rings. The van der Waals surface area contributed by atoms with Crippen molar-refractivity contribution in [2.45, 2.75) is 24.2 Å². The SMILES string of the molecule is CN1C(=CC(=O)COC(=O)c2cccc(S(=O)(=O)Nc3ccc(F)cc3)c2)C(C)(C)c2ccccc21. The van der Waals surface area contributed by atoms with E-state index in [0.29, 0.717) is 0 Å². The lowest BCUT2D eigenvalue weighted by atomic mass is 9.83. The van der Waals surface area contributed by atoms with Crippen LogP contribution in [-0.4, -0.2) is 33.8 Å². The molecule has 0 saturated carbocycles. The van der Waals surface area contributed by atoms with E-state index in [-0.39, 0.29) is 16.1 Å². The molecular weight excluding hydrogens is 483 g/mol. The second kappa shape index (κ2) is 9.58. The largest absolute Gasteiger partial charge is 0.454 e. The Morgan fingerprint density at radius 3 is 2.42 bits per heavy atom. The van der Waals surface area contributed by atoms with Crippen molar-refractivity contribution in [2.24, 2.45) is 0 Å². The van der Waals surface area contributed by atoms with Gasteiger partial charge in [-0.15, -0.1) is 0 Å². The number of anilines is 2. The monoisotopic (exact) mass is 508 g/mol. The molecule has 0 bridgehead atoms. The number of carbonyl (C=O) groups is 2. The molecule has 0 spiro atoms. The van der Waals surface area contributed by atoms with Gasteiger partial charge in [-0.05, 0) is 54.1 Å². The Morgan fingerprint density at radius 2 is 1.72 bits per heavy atom. The number of ketones is 1. The minimum atomic E-state index is -4.04. The van der Waals surface area contributed by atoms with E-state index in [1.165, 1.54) is 36.4 Å². The molecule has 0 radical (unpaired) electrons. The van der Waals surface area contributed by atoms with Crippen molar-refractivity contribution in [2.75, 3.05) is 23.3 Å². The summed E-state index contributed by atoms with van der Waals surface area (Å²) in [5.41, 5.74) is 2.63. The molecule has 0 aromatic heterocycles. The van der Waals surface area contributed by atoms with Gasteiger partial charge in [-0.1, -0.05) is 38.1 Å². The van der Waals surface area contributed by atoms with Gasteiger partial charge in [0.2, 0.25) is 0 Å². The van der Waals surface area contributed by atoms with E-state index in [1.54, 1.807) is 0 Å². The van der Waals surface area contributed by atoms with Crippen LogP contribution in [0.5, 0.6) is 0 Å². The van der Waals surface area contributed by atoms with Gasteiger partial charge in [-0.3, -0.25) is 9.52 Å². The van der Waals surface area contributed by atoms with Gasteiger partial charge in [0.05, 0.1) is 10.5 Å². The summed E-state index contributed by atoms with van der Waals surface area (Å²) in [6.45, 7) is 3.55. The number of allylic oxidation sites excluding steroid dienone is 1. The number of fused-ring (bicyclic) bond motifs is 1. The van der Waals surface area contributed by atoms with Gasteiger partial charge in [0.15, 0.2) is 12.4 Å². The number of hydrogen-bond donors (Lipinski definition) is 1. The third-order valence-corrected chi connectivity index (χ3v) is 7.44. The highest BCUT2D eigenvalue weighted by molar-refractivity contribution is 7.92. The molecule has 36 heavy (non-hydrogen) atoms. The minimum Gasteiger partial charge on any atom is -0.454 e. The van der Waals surface area contributed by atoms with Crippen molar-refractivity contribution >= 4 is 33.2 Å². The fraction of sp³-hybridized carbons (Fsp3) is 0.185. The lowest BCUT2D eigenvalue weighted by molar-refractivity contribution is -0.117. The van der Waals surface area contributed by atoms with Crippen molar-refractivity contribution < 1.29 is 27.1 Å². The summed E-state index contributed by atoms with van der Waals surface area (Å²) in [6, 6.07) is 18.0. The van der Waals surface area contributed by atoms with Crippen LogP contribution < -0.4 is 9.62 Å². The third-order valence-electron chi connectivity index (χ3n) is 6.06.